The molecule has 4 nitrogen and oxygen atoms in total. The summed E-state index contributed by atoms with van der Waals surface area (Å²) in [7, 11) is 1.31. The Morgan fingerprint density at radius 2 is 2.05 bits per heavy atom. The summed E-state index contributed by atoms with van der Waals surface area (Å²) in [6, 6.07) is 8.83. The van der Waals surface area contributed by atoms with Gasteiger partial charge in [0.15, 0.2) is 0 Å². The molecule has 0 radical (unpaired) electrons. The molecule has 0 saturated heterocycles. The van der Waals surface area contributed by atoms with Gasteiger partial charge in [-0.05, 0) is 46.3 Å². The van der Waals surface area contributed by atoms with Crippen LogP contribution in [0.15, 0.2) is 43.7 Å². The van der Waals surface area contributed by atoms with Gasteiger partial charge in [-0.3, -0.25) is 0 Å². The fourth-order valence-electron chi connectivity index (χ4n) is 1.41. The largest absolute Gasteiger partial charge is 0.484 e. The highest BCUT2D eigenvalue weighted by atomic mass is 79.9. The monoisotopic (exact) mass is 388 g/mol. The summed E-state index contributed by atoms with van der Waals surface area (Å²) in [5.74, 6) is 0.904. The van der Waals surface area contributed by atoms with Crippen molar-refractivity contribution in [2.45, 2.75) is 6.61 Å². The molecule has 1 heterocycles. The molecule has 0 aliphatic rings. The number of carbonyl (C=O) groups excluding carboxylic acids is 1. The van der Waals surface area contributed by atoms with E-state index in [-0.39, 0.29) is 12.4 Å². The number of furan rings is 1. The molecule has 1 aromatic heterocycles. The number of hydrogen-bond acceptors (Lipinski definition) is 4. The third kappa shape index (κ3) is 3.61. The van der Waals surface area contributed by atoms with Crippen LogP contribution in [0, 0.1) is 0 Å². The van der Waals surface area contributed by atoms with Crippen molar-refractivity contribution < 1.29 is 18.7 Å². The number of hydrogen-bond donors (Lipinski definition) is 0. The Bertz CT molecular complexity index is 592. The van der Waals surface area contributed by atoms with Crippen LogP contribution in [-0.2, 0) is 11.3 Å². The fraction of sp³-hybridized carbons (Fsp3) is 0.154. The van der Waals surface area contributed by atoms with Crippen molar-refractivity contribution in [1.82, 2.24) is 0 Å². The van der Waals surface area contributed by atoms with E-state index in [1.807, 2.05) is 18.2 Å². The van der Waals surface area contributed by atoms with Gasteiger partial charge in [-0.25, -0.2) is 4.79 Å². The minimum Gasteiger partial charge on any atom is -0.484 e. The molecule has 0 bridgehead atoms. The summed E-state index contributed by atoms with van der Waals surface area (Å²) in [4.78, 5) is 11.2. The maximum Gasteiger partial charge on any atom is 0.373 e. The zero-order valence-electron chi connectivity index (χ0n) is 9.98. The van der Waals surface area contributed by atoms with Crippen LogP contribution in [0.1, 0.15) is 16.3 Å². The van der Waals surface area contributed by atoms with Gasteiger partial charge < -0.3 is 13.9 Å². The molecular weight excluding hydrogens is 380 g/mol. The molecule has 1 aromatic carbocycles. The Labute approximate surface area is 127 Å². The van der Waals surface area contributed by atoms with Crippen LogP contribution >= 0.6 is 31.9 Å². The first kappa shape index (κ1) is 14.1. The minimum absolute atomic E-state index is 0.163. The van der Waals surface area contributed by atoms with E-state index in [1.165, 1.54) is 7.11 Å². The van der Waals surface area contributed by atoms with Gasteiger partial charge in [-0.2, -0.15) is 0 Å². The summed E-state index contributed by atoms with van der Waals surface area (Å²) in [5.41, 5.74) is 0. The molecule has 0 amide bonds. The van der Waals surface area contributed by atoms with E-state index in [0.29, 0.717) is 11.5 Å². The Balaban J connectivity index is 2.02. The standard InChI is InChI=1S/C13H10Br2O4/c1-17-13(16)12-5-3-9(19-12)7-18-11-4-2-8(14)6-10(11)15/h2-6H,7H2,1H3. The lowest BCUT2D eigenvalue weighted by Crippen LogP contribution is -1.99. The first-order valence-electron chi connectivity index (χ1n) is 5.35. The Hall–Kier alpha value is -1.27. The van der Waals surface area contributed by atoms with E-state index in [2.05, 4.69) is 36.6 Å². The fourth-order valence-corrected chi connectivity index (χ4v) is 2.57. The van der Waals surface area contributed by atoms with Gasteiger partial charge in [-0.1, -0.05) is 15.9 Å². The Morgan fingerprint density at radius 1 is 1.26 bits per heavy atom. The maximum absolute atomic E-state index is 11.2. The summed E-state index contributed by atoms with van der Waals surface area (Å²) in [6.07, 6.45) is 0. The first-order chi connectivity index (χ1) is 9.10. The summed E-state index contributed by atoms with van der Waals surface area (Å²) < 4.78 is 17.2. The Kier molecular flexibility index (Phi) is 4.66. The molecular formula is C13H10Br2O4. The number of carbonyl (C=O) groups is 1. The highest BCUT2D eigenvalue weighted by molar-refractivity contribution is 9.11. The normalized spacial score (nSPS) is 10.3. The lowest BCUT2D eigenvalue weighted by molar-refractivity contribution is 0.0561. The van der Waals surface area contributed by atoms with Gasteiger partial charge in [0.05, 0.1) is 11.6 Å². The van der Waals surface area contributed by atoms with Crippen molar-refractivity contribution >= 4 is 37.8 Å². The van der Waals surface area contributed by atoms with Crippen LogP contribution in [0.2, 0.25) is 0 Å². The van der Waals surface area contributed by atoms with E-state index >= 15 is 0 Å². The number of ether oxygens (including phenoxy) is 2. The maximum atomic E-state index is 11.2. The van der Waals surface area contributed by atoms with Gasteiger partial charge >= 0.3 is 5.97 Å². The predicted octanol–water partition coefficient (Wildman–Crippen LogP) is 4.17. The second kappa shape index (κ2) is 6.25. The number of esters is 1. The van der Waals surface area contributed by atoms with Crippen molar-refractivity contribution in [3.63, 3.8) is 0 Å². The zero-order chi connectivity index (χ0) is 13.8. The van der Waals surface area contributed by atoms with Gasteiger partial charge in [0, 0.05) is 4.47 Å². The number of methoxy groups -OCH3 is 1. The van der Waals surface area contributed by atoms with Gasteiger partial charge in [0.25, 0.3) is 0 Å². The summed E-state index contributed by atoms with van der Waals surface area (Å²) in [6.45, 7) is 0.233. The van der Waals surface area contributed by atoms with Crippen LogP contribution in [-0.4, -0.2) is 13.1 Å². The molecule has 0 unspecified atom stereocenters. The van der Waals surface area contributed by atoms with Gasteiger partial charge in [-0.15, -0.1) is 0 Å². The third-order valence-corrected chi connectivity index (χ3v) is 3.43. The van der Waals surface area contributed by atoms with E-state index in [1.54, 1.807) is 12.1 Å². The van der Waals surface area contributed by atoms with E-state index < -0.39 is 5.97 Å². The van der Waals surface area contributed by atoms with Crippen molar-refractivity contribution in [2.75, 3.05) is 7.11 Å². The molecule has 6 heteroatoms. The molecule has 100 valence electrons. The van der Waals surface area contributed by atoms with Gasteiger partial charge in [0.2, 0.25) is 5.76 Å². The molecule has 0 N–H and O–H groups in total. The van der Waals surface area contributed by atoms with Crippen LogP contribution < -0.4 is 4.74 Å². The molecule has 0 fully saturated rings. The molecule has 0 spiro atoms. The first-order valence-corrected chi connectivity index (χ1v) is 6.93. The highest BCUT2D eigenvalue weighted by Gasteiger charge is 2.11. The quantitative estimate of drug-likeness (QED) is 0.736. The second-order valence-corrected chi connectivity index (χ2v) is 5.39. The van der Waals surface area contributed by atoms with E-state index in [0.717, 1.165) is 8.95 Å². The molecule has 0 atom stereocenters. The molecule has 0 aliphatic heterocycles. The van der Waals surface area contributed by atoms with E-state index in [4.69, 9.17) is 9.15 Å². The molecule has 2 rings (SSSR count). The smallest absolute Gasteiger partial charge is 0.373 e. The van der Waals surface area contributed by atoms with Crippen molar-refractivity contribution in [2.24, 2.45) is 0 Å². The predicted molar refractivity (Wildman–Crippen MR) is 76.2 cm³/mol. The SMILES string of the molecule is COC(=O)c1ccc(COc2ccc(Br)cc2Br)o1. The number of halogens is 2. The number of rotatable bonds is 4. The molecule has 0 aliphatic carbocycles. The summed E-state index contributed by atoms with van der Waals surface area (Å²) >= 11 is 6.76. The second-order valence-electron chi connectivity index (χ2n) is 3.62. The average molecular weight is 390 g/mol. The van der Waals surface area contributed by atoms with Crippen LogP contribution in [0.25, 0.3) is 0 Å². The molecule has 0 saturated carbocycles. The molecule has 2 aromatic rings. The van der Waals surface area contributed by atoms with Crippen LogP contribution in [0.4, 0.5) is 0 Å². The minimum atomic E-state index is -0.504. The van der Waals surface area contributed by atoms with Gasteiger partial charge in [0.1, 0.15) is 18.1 Å². The number of benzene rings is 1. The van der Waals surface area contributed by atoms with Crippen molar-refractivity contribution in [3.8, 4) is 5.75 Å². The third-order valence-electron chi connectivity index (χ3n) is 2.31. The lowest BCUT2D eigenvalue weighted by atomic mass is 10.3. The zero-order valence-corrected chi connectivity index (χ0v) is 13.2. The van der Waals surface area contributed by atoms with E-state index in [9.17, 15) is 4.79 Å². The highest BCUT2D eigenvalue weighted by Crippen LogP contribution is 2.28. The van der Waals surface area contributed by atoms with Crippen LogP contribution in [0.3, 0.4) is 0 Å². The van der Waals surface area contributed by atoms with Crippen molar-refractivity contribution in [1.29, 1.82) is 0 Å². The summed E-state index contributed by atoms with van der Waals surface area (Å²) in [5, 5.41) is 0. The van der Waals surface area contributed by atoms with Crippen LogP contribution in [0.5, 0.6) is 5.75 Å². The molecule has 19 heavy (non-hydrogen) atoms. The van der Waals surface area contributed by atoms with Crippen molar-refractivity contribution in [3.05, 3.63) is 50.8 Å². The Morgan fingerprint density at radius 3 is 2.74 bits per heavy atom. The lowest BCUT2D eigenvalue weighted by Gasteiger charge is -2.06. The average Bonchev–Trinajstić information content (AvgIpc) is 2.85. The topological polar surface area (TPSA) is 48.7 Å².